The van der Waals surface area contributed by atoms with Crippen LogP contribution in [0.4, 0.5) is 51.2 Å². The molecule has 3 aliphatic carbocycles. The fourth-order valence-electron chi connectivity index (χ4n) is 23.0. The van der Waals surface area contributed by atoms with Crippen LogP contribution < -0.4 is 14.7 Å². The topological polar surface area (TPSA) is 9.72 Å². The van der Waals surface area contributed by atoms with Crippen LogP contribution in [-0.2, 0) is 32.5 Å². The van der Waals surface area contributed by atoms with Gasteiger partial charge in [-0.3, -0.25) is 0 Å². The van der Waals surface area contributed by atoms with E-state index in [0.29, 0.717) is 0 Å². The predicted octanol–water partition coefficient (Wildman–Crippen LogP) is 40.2. The molecule has 0 heterocycles. The van der Waals surface area contributed by atoms with Gasteiger partial charge in [0.05, 0.1) is 0 Å². The molecule has 0 unspecified atom stereocenters. The number of para-hydroxylation sites is 6. The third-order valence-corrected chi connectivity index (χ3v) is 32.9. The van der Waals surface area contributed by atoms with Gasteiger partial charge in [0.25, 0.3) is 0 Å². The van der Waals surface area contributed by atoms with E-state index in [1.807, 2.05) is 0 Å². The molecule has 3 heteroatoms. The Balaban J connectivity index is 0.000000126. The minimum Gasteiger partial charge on any atom is -0.310 e. The average molecular weight is 1900 g/mol. The summed E-state index contributed by atoms with van der Waals surface area (Å²) < 4.78 is 0. The molecular weight excluding hydrogens is 1770 g/mol. The first-order valence-electron chi connectivity index (χ1n) is 51.8. The molecule has 714 valence electrons. The summed E-state index contributed by atoms with van der Waals surface area (Å²) in [5, 5.41) is 0. The van der Waals surface area contributed by atoms with Crippen LogP contribution in [0.15, 0.2) is 528 Å². The molecule has 21 aromatic carbocycles. The summed E-state index contributed by atoms with van der Waals surface area (Å²) in [6.45, 7) is 29.0. The largest absolute Gasteiger partial charge is 0.310 e. The number of hydrogen-bond donors (Lipinski definition) is 0. The summed E-state index contributed by atoms with van der Waals surface area (Å²) in [5.41, 5.74) is 48.1. The molecule has 3 aliphatic rings. The standard InChI is InChI=1S/C54H45N.C48H41N.C42H37N/c1-53(2)51-31-29-42(41-23-17-22-40(32-41)38-18-9-5-10-19-38)36-50(51)49-30-28-43(37-52(49)54(53,3)4)45-33-44(39-20-11-6-12-21-39)34-48(35-45)55(46-24-13-7-14-25-46)47-26-15-8-16-27-47;1-47(2)44-27-17-26-42(35-20-11-6-12-21-35)46(44)43-29-28-36(33-45(43)48(47,3)4)38-30-37(34-18-9-5-10-19-34)31-41(32-38)49(39-22-13-7-14-23-39)40-24-15-8-16-25-40;1-41(2)39-26-15-14-23-37(39)38-25-16-24-36(40(38)42(41,3)4)32-27-31(30-17-8-5-9-18-30)28-35(29-32)43(33-19-10-6-11-20-33)34-21-12-7-13-22-34/h5-37H,1-4H3;5-33H,1-4H3;5-29H,1-4H3. The van der Waals surface area contributed by atoms with Gasteiger partial charge in [-0.15, -0.1) is 0 Å². The van der Waals surface area contributed by atoms with Crippen LogP contribution in [0.5, 0.6) is 0 Å². The fourth-order valence-corrected chi connectivity index (χ4v) is 23.0. The van der Waals surface area contributed by atoms with Gasteiger partial charge in [-0.1, -0.05) is 459 Å². The van der Waals surface area contributed by atoms with Crippen molar-refractivity contribution in [1.82, 2.24) is 0 Å². The second-order valence-corrected chi connectivity index (χ2v) is 42.8. The number of rotatable bonds is 18. The number of nitrogens with zero attached hydrogens (tertiary/aromatic N) is 3. The van der Waals surface area contributed by atoms with Gasteiger partial charge >= 0.3 is 0 Å². The summed E-state index contributed by atoms with van der Waals surface area (Å²) in [5.74, 6) is 0. The molecule has 0 aliphatic heterocycles. The minimum absolute atomic E-state index is 0.0489. The van der Waals surface area contributed by atoms with Gasteiger partial charge in [-0.25, -0.2) is 0 Å². The molecule has 0 saturated heterocycles. The Labute approximate surface area is 869 Å². The summed E-state index contributed by atoms with van der Waals surface area (Å²) in [6.07, 6.45) is 0. The Morgan fingerprint density at radius 3 is 0.776 bits per heavy atom. The van der Waals surface area contributed by atoms with E-state index in [0.717, 1.165) is 51.2 Å². The maximum Gasteiger partial charge on any atom is 0.0473 e. The normalized spacial score (nSPS) is 14.0. The van der Waals surface area contributed by atoms with E-state index in [1.54, 1.807) is 0 Å². The highest BCUT2D eigenvalue weighted by atomic mass is 15.2. The fraction of sp³-hybridized carbons (Fsp3) is 0.125. The molecule has 0 fully saturated rings. The Morgan fingerprint density at radius 2 is 0.354 bits per heavy atom. The molecular formula is C144H123N3. The predicted molar refractivity (Wildman–Crippen MR) is 627 cm³/mol. The lowest BCUT2D eigenvalue weighted by atomic mass is 9.54. The third kappa shape index (κ3) is 17.8. The number of benzene rings is 21. The first-order valence-corrected chi connectivity index (χ1v) is 51.8. The van der Waals surface area contributed by atoms with Crippen LogP contribution in [-0.4, -0.2) is 0 Å². The van der Waals surface area contributed by atoms with Crippen molar-refractivity contribution in [2.45, 2.75) is 116 Å². The van der Waals surface area contributed by atoms with Crippen molar-refractivity contribution >= 4 is 51.2 Å². The van der Waals surface area contributed by atoms with E-state index >= 15 is 0 Å². The lowest BCUT2D eigenvalue weighted by molar-refractivity contribution is 0.299. The van der Waals surface area contributed by atoms with E-state index in [2.05, 4.69) is 626 Å². The van der Waals surface area contributed by atoms with Crippen molar-refractivity contribution in [3.8, 4) is 134 Å². The number of anilines is 9. The Bertz CT molecular complexity index is 8200. The summed E-state index contributed by atoms with van der Waals surface area (Å²) in [7, 11) is 0. The Morgan fingerprint density at radius 1 is 0.116 bits per heavy atom. The molecule has 147 heavy (non-hydrogen) atoms. The monoisotopic (exact) mass is 1890 g/mol. The molecule has 3 nitrogen and oxygen atoms in total. The molecule has 0 bridgehead atoms. The zero-order chi connectivity index (χ0) is 101. The second-order valence-electron chi connectivity index (χ2n) is 42.8. The summed E-state index contributed by atoms with van der Waals surface area (Å²) in [4.78, 5) is 7.10. The summed E-state index contributed by atoms with van der Waals surface area (Å²) >= 11 is 0. The van der Waals surface area contributed by atoms with Crippen LogP contribution in [0.1, 0.15) is 116 Å². The Hall–Kier alpha value is -17.0. The molecule has 24 rings (SSSR count). The van der Waals surface area contributed by atoms with Gasteiger partial charge in [0.2, 0.25) is 0 Å². The van der Waals surface area contributed by atoms with Crippen molar-refractivity contribution in [2.75, 3.05) is 14.7 Å². The van der Waals surface area contributed by atoms with E-state index in [9.17, 15) is 0 Å². The van der Waals surface area contributed by atoms with Crippen LogP contribution >= 0.6 is 0 Å². The highest BCUT2D eigenvalue weighted by Crippen LogP contribution is 2.61. The smallest absolute Gasteiger partial charge is 0.0473 e. The first kappa shape index (κ1) is 94.9. The van der Waals surface area contributed by atoms with Gasteiger partial charge in [-0.2, -0.15) is 0 Å². The van der Waals surface area contributed by atoms with E-state index < -0.39 is 0 Å². The molecule has 0 saturated carbocycles. The van der Waals surface area contributed by atoms with Crippen LogP contribution in [0.25, 0.3) is 134 Å². The quantitative estimate of drug-likeness (QED) is 0.0848. The highest BCUT2D eigenvalue weighted by Gasteiger charge is 2.50. The van der Waals surface area contributed by atoms with Crippen molar-refractivity contribution in [3.63, 3.8) is 0 Å². The zero-order valence-electron chi connectivity index (χ0n) is 86.1. The van der Waals surface area contributed by atoms with Crippen LogP contribution in [0.2, 0.25) is 0 Å². The van der Waals surface area contributed by atoms with Crippen molar-refractivity contribution in [1.29, 1.82) is 0 Å². The minimum atomic E-state index is -0.125. The van der Waals surface area contributed by atoms with E-state index in [-0.39, 0.29) is 32.5 Å². The zero-order valence-corrected chi connectivity index (χ0v) is 86.1. The molecule has 0 aromatic heterocycles. The van der Waals surface area contributed by atoms with Crippen molar-refractivity contribution in [3.05, 3.63) is 561 Å². The van der Waals surface area contributed by atoms with E-state index in [4.69, 9.17) is 0 Å². The molecule has 0 spiro atoms. The summed E-state index contributed by atoms with van der Waals surface area (Å²) in [6, 6.07) is 192. The maximum atomic E-state index is 2.48. The van der Waals surface area contributed by atoms with Gasteiger partial charge in [0, 0.05) is 56.6 Å². The lowest BCUT2D eigenvalue weighted by Crippen LogP contribution is -2.43. The van der Waals surface area contributed by atoms with E-state index in [1.165, 1.54) is 167 Å². The Kier molecular flexibility index (Phi) is 25.4. The van der Waals surface area contributed by atoms with Gasteiger partial charge in [0.1, 0.15) is 0 Å². The second kappa shape index (κ2) is 39.3. The van der Waals surface area contributed by atoms with Gasteiger partial charge in [0.15, 0.2) is 0 Å². The lowest BCUT2D eigenvalue weighted by Gasteiger charge is -2.49. The van der Waals surface area contributed by atoms with Crippen molar-refractivity contribution in [2.24, 2.45) is 0 Å². The maximum absolute atomic E-state index is 2.48. The SMILES string of the molecule is CC1(C)c2cc(-c3cc(-c4ccccc4)cc(N(c4ccccc4)c4ccccc4)c3)ccc2-c2c(-c3ccccc3)cccc2C1(C)C.CC1(C)c2ccc(-c3cccc(-c4ccccc4)c3)cc2-c2ccc(-c3cc(-c4ccccc4)cc(N(c4ccccc4)c4ccccc4)c3)cc2C1(C)C.CC1(C)c2ccccc2-c2cccc(-c3cc(-c4ccccc4)cc(N(c4ccccc4)c4ccccc4)c3)c2C1(C)C. The molecule has 0 amide bonds. The molecule has 0 radical (unpaired) electrons. The van der Waals surface area contributed by atoms with Gasteiger partial charge < -0.3 is 14.7 Å². The van der Waals surface area contributed by atoms with Gasteiger partial charge in [-0.05, 0) is 346 Å². The molecule has 0 N–H and O–H groups in total. The first-order chi connectivity index (χ1) is 71.5. The van der Waals surface area contributed by atoms with Crippen LogP contribution in [0, 0.1) is 0 Å². The highest BCUT2D eigenvalue weighted by molar-refractivity contribution is 5.96. The third-order valence-electron chi connectivity index (χ3n) is 32.9. The van der Waals surface area contributed by atoms with Crippen LogP contribution in [0.3, 0.4) is 0 Å². The van der Waals surface area contributed by atoms with Crippen molar-refractivity contribution < 1.29 is 0 Å². The molecule has 21 aromatic rings. The average Bonchev–Trinajstić information content (AvgIpc) is 0.711. The number of fused-ring (bicyclic) bond motifs is 9. The number of hydrogen-bond acceptors (Lipinski definition) is 3. The molecule has 0 atom stereocenters.